The first-order chi connectivity index (χ1) is 10.4. The van der Waals surface area contributed by atoms with Crippen LogP contribution in [0.5, 0.6) is 0 Å². The van der Waals surface area contributed by atoms with E-state index in [9.17, 15) is 5.11 Å². The number of nitrogens with zero attached hydrogens (tertiary/aromatic N) is 3. The van der Waals surface area contributed by atoms with Gasteiger partial charge < -0.3 is 16.6 Å². The van der Waals surface area contributed by atoms with Crippen molar-refractivity contribution in [3.05, 3.63) is 30.0 Å². The number of nitrogens with two attached hydrogens (primary N) is 2. The summed E-state index contributed by atoms with van der Waals surface area (Å²) in [5.41, 5.74) is 14.4. The second-order valence-electron chi connectivity index (χ2n) is 6.30. The summed E-state index contributed by atoms with van der Waals surface area (Å²) in [6.45, 7) is 4.37. The summed E-state index contributed by atoms with van der Waals surface area (Å²) in [6.07, 6.45) is 0.636. The average molecular weight is 299 g/mol. The molecule has 0 spiro atoms. The molecular formula is C16H21N5O. The summed E-state index contributed by atoms with van der Waals surface area (Å²) in [7, 11) is 0. The van der Waals surface area contributed by atoms with Crippen molar-refractivity contribution in [3.8, 4) is 0 Å². The van der Waals surface area contributed by atoms with Gasteiger partial charge in [0.05, 0.1) is 18.7 Å². The van der Waals surface area contributed by atoms with Crippen molar-refractivity contribution in [2.75, 3.05) is 12.3 Å². The van der Waals surface area contributed by atoms with Crippen LogP contribution in [-0.4, -0.2) is 32.0 Å². The van der Waals surface area contributed by atoms with Gasteiger partial charge in [0.15, 0.2) is 5.82 Å². The number of fused-ring (bicyclic) bond motifs is 3. The van der Waals surface area contributed by atoms with Gasteiger partial charge in [-0.05, 0) is 19.9 Å². The van der Waals surface area contributed by atoms with Crippen molar-refractivity contribution < 1.29 is 5.11 Å². The molecule has 0 saturated heterocycles. The van der Waals surface area contributed by atoms with E-state index in [1.54, 1.807) is 4.68 Å². The van der Waals surface area contributed by atoms with Crippen molar-refractivity contribution in [1.82, 2.24) is 14.8 Å². The van der Waals surface area contributed by atoms with Gasteiger partial charge in [-0.3, -0.25) is 4.68 Å². The molecule has 0 amide bonds. The van der Waals surface area contributed by atoms with Gasteiger partial charge in [0.25, 0.3) is 0 Å². The summed E-state index contributed by atoms with van der Waals surface area (Å²) in [6, 6.07) is 7.86. The van der Waals surface area contributed by atoms with Gasteiger partial charge in [0.1, 0.15) is 5.52 Å². The smallest absolute Gasteiger partial charge is 0.152 e. The number of benzene rings is 1. The predicted molar refractivity (Wildman–Crippen MR) is 88.5 cm³/mol. The minimum Gasteiger partial charge on any atom is -0.394 e. The van der Waals surface area contributed by atoms with Crippen LogP contribution < -0.4 is 11.5 Å². The minimum atomic E-state index is -0.390. The van der Waals surface area contributed by atoms with Crippen LogP contribution in [0.4, 0.5) is 5.82 Å². The topological polar surface area (TPSA) is 103 Å². The van der Waals surface area contributed by atoms with Gasteiger partial charge in [-0.1, -0.05) is 18.2 Å². The second kappa shape index (κ2) is 5.23. The Kier molecular flexibility index (Phi) is 3.50. The Morgan fingerprint density at radius 1 is 1.27 bits per heavy atom. The van der Waals surface area contributed by atoms with Crippen LogP contribution in [0.2, 0.25) is 0 Å². The van der Waals surface area contributed by atoms with Crippen LogP contribution in [0.25, 0.3) is 21.8 Å². The summed E-state index contributed by atoms with van der Waals surface area (Å²) in [5.74, 6) is 0.404. The first-order valence-electron chi connectivity index (χ1n) is 7.34. The van der Waals surface area contributed by atoms with E-state index in [0.29, 0.717) is 24.3 Å². The van der Waals surface area contributed by atoms with Gasteiger partial charge in [0, 0.05) is 28.4 Å². The number of pyridine rings is 1. The van der Waals surface area contributed by atoms with Crippen LogP contribution in [0.1, 0.15) is 19.5 Å². The molecule has 1 aromatic carbocycles. The average Bonchev–Trinajstić information content (AvgIpc) is 2.77. The largest absolute Gasteiger partial charge is 0.394 e. The highest BCUT2D eigenvalue weighted by Crippen LogP contribution is 2.31. The SMILES string of the molecule is CC(C)(N)Cc1c2c(nn1CCO)c(N)nc1ccccc12. The Bertz CT molecular complexity index is 832. The molecule has 0 aliphatic heterocycles. The molecule has 22 heavy (non-hydrogen) atoms. The van der Waals surface area contributed by atoms with Crippen LogP contribution in [0, 0.1) is 0 Å². The molecule has 6 nitrogen and oxygen atoms in total. The zero-order valence-electron chi connectivity index (χ0n) is 12.9. The molecular weight excluding hydrogens is 278 g/mol. The lowest BCUT2D eigenvalue weighted by Crippen LogP contribution is -2.35. The molecule has 116 valence electrons. The Labute approximate surface area is 128 Å². The minimum absolute atomic E-state index is 0.0112. The van der Waals surface area contributed by atoms with Gasteiger partial charge in [-0.15, -0.1) is 0 Å². The number of hydrogen-bond acceptors (Lipinski definition) is 5. The number of anilines is 1. The fourth-order valence-electron chi connectivity index (χ4n) is 2.82. The maximum absolute atomic E-state index is 9.31. The maximum atomic E-state index is 9.31. The van der Waals surface area contributed by atoms with E-state index in [-0.39, 0.29) is 12.1 Å². The van der Waals surface area contributed by atoms with Crippen molar-refractivity contribution in [2.45, 2.75) is 32.4 Å². The Morgan fingerprint density at radius 2 is 2.00 bits per heavy atom. The molecule has 3 rings (SSSR count). The van der Waals surface area contributed by atoms with Crippen molar-refractivity contribution in [1.29, 1.82) is 0 Å². The highest BCUT2D eigenvalue weighted by molar-refractivity contribution is 6.09. The first-order valence-corrected chi connectivity index (χ1v) is 7.34. The summed E-state index contributed by atoms with van der Waals surface area (Å²) in [4.78, 5) is 4.42. The van der Waals surface area contributed by atoms with Crippen LogP contribution in [-0.2, 0) is 13.0 Å². The highest BCUT2D eigenvalue weighted by Gasteiger charge is 2.22. The molecule has 2 aromatic heterocycles. The van der Waals surface area contributed by atoms with Crippen molar-refractivity contribution in [2.24, 2.45) is 5.73 Å². The van der Waals surface area contributed by atoms with E-state index in [1.165, 1.54) is 0 Å². The lowest BCUT2D eigenvalue weighted by atomic mass is 9.96. The zero-order valence-corrected chi connectivity index (χ0v) is 12.9. The first kappa shape index (κ1) is 14.7. The number of aliphatic hydroxyl groups is 1. The van der Waals surface area contributed by atoms with Gasteiger partial charge in [-0.25, -0.2) is 4.98 Å². The lowest BCUT2D eigenvalue weighted by molar-refractivity contribution is 0.266. The standard InChI is InChI=1S/C16H21N5O/c1-16(2,18)9-12-13-10-5-3-4-6-11(10)19-15(17)14(13)20-21(12)7-8-22/h3-6,22H,7-9,18H2,1-2H3,(H2,17,19). The fraction of sp³-hybridized carbons (Fsp3) is 0.375. The number of aromatic nitrogens is 3. The fourth-order valence-corrected chi connectivity index (χ4v) is 2.82. The molecule has 0 radical (unpaired) electrons. The summed E-state index contributed by atoms with van der Waals surface area (Å²) >= 11 is 0. The molecule has 6 heteroatoms. The van der Waals surface area contributed by atoms with Crippen LogP contribution >= 0.6 is 0 Å². The van der Waals surface area contributed by atoms with Gasteiger partial charge in [0.2, 0.25) is 0 Å². The molecule has 0 aliphatic carbocycles. The third-order valence-electron chi connectivity index (χ3n) is 3.65. The third-order valence-corrected chi connectivity index (χ3v) is 3.65. The molecule has 0 saturated carbocycles. The number of para-hydroxylation sites is 1. The second-order valence-corrected chi connectivity index (χ2v) is 6.30. The van der Waals surface area contributed by atoms with E-state index in [4.69, 9.17) is 11.5 Å². The molecule has 0 fully saturated rings. The Balaban J connectivity index is 2.39. The molecule has 0 unspecified atom stereocenters. The third kappa shape index (κ3) is 2.51. The van der Waals surface area contributed by atoms with E-state index >= 15 is 0 Å². The lowest BCUT2D eigenvalue weighted by Gasteiger charge is -2.19. The summed E-state index contributed by atoms with van der Waals surface area (Å²) < 4.78 is 1.80. The molecule has 3 aromatic rings. The summed E-state index contributed by atoms with van der Waals surface area (Å²) in [5, 5.41) is 15.9. The number of nitrogen functional groups attached to an aromatic ring is 1. The monoisotopic (exact) mass is 299 g/mol. The molecule has 5 N–H and O–H groups in total. The molecule has 2 heterocycles. The molecule has 0 bridgehead atoms. The Hall–Kier alpha value is -2.18. The van der Waals surface area contributed by atoms with Crippen LogP contribution in [0.15, 0.2) is 24.3 Å². The predicted octanol–water partition coefficient (Wildman–Crippen LogP) is 1.44. The number of rotatable bonds is 4. The highest BCUT2D eigenvalue weighted by atomic mass is 16.3. The number of aliphatic hydroxyl groups excluding tert-OH is 1. The van der Waals surface area contributed by atoms with E-state index in [0.717, 1.165) is 22.0 Å². The Morgan fingerprint density at radius 3 is 2.68 bits per heavy atom. The van der Waals surface area contributed by atoms with Gasteiger partial charge in [-0.2, -0.15) is 5.10 Å². The number of hydrogen-bond donors (Lipinski definition) is 3. The quantitative estimate of drug-likeness (QED) is 0.676. The molecule has 0 aliphatic rings. The van der Waals surface area contributed by atoms with Crippen molar-refractivity contribution >= 4 is 27.6 Å². The van der Waals surface area contributed by atoms with Crippen LogP contribution in [0.3, 0.4) is 0 Å². The van der Waals surface area contributed by atoms with E-state index < -0.39 is 0 Å². The maximum Gasteiger partial charge on any atom is 0.152 e. The van der Waals surface area contributed by atoms with E-state index in [1.807, 2.05) is 38.1 Å². The van der Waals surface area contributed by atoms with Crippen molar-refractivity contribution in [3.63, 3.8) is 0 Å². The molecule has 0 atom stereocenters. The normalized spacial score (nSPS) is 12.4. The zero-order chi connectivity index (χ0) is 15.9. The van der Waals surface area contributed by atoms with E-state index in [2.05, 4.69) is 10.1 Å². The van der Waals surface area contributed by atoms with Gasteiger partial charge >= 0.3 is 0 Å².